The molecule has 0 aliphatic rings. The summed E-state index contributed by atoms with van der Waals surface area (Å²) >= 11 is 1.19. The minimum absolute atomic E-state index is 0.201. The monoisotopic (exact) mass is 330 g/mol. The van der Waals surface area contributed by atoms with Crippen molar-refractivity contribution < 1.29 is 9.32 Å². The van der Waals surface area contributed by atoms with Crippen LogP contribution < -0.4 is 11.1 Å². The quantitative estimate of drug-likeness (QED) is 0.612. The van der Waals surface area contributed by atoms with Crippen molar-refractivity contribution in [1.29, 1.82) is 0 Å². The van der Waals surface area contributed by atoms with E-state index in [0.29, 0.717) is 16.7 Å². The van der Waals surface area contributed by atoms with E-state index in [1.165, 1.54) is 11.8 Å². The van der Waals surface area contributed by atoms with Gasteiger partial charge in [-0.05, 0) is 12.5 Å². The Kier molecular flexibility index (Phi) is 4.29. The third kappa shape index (κ3) is 3.69. The molecule has 1 aromatic carbocycles. The summed E-state index contributed by atoms with van der Waals surface area (Å²) in [5.41, 5.74) is 6.35. The number of amides is 1. The van der Waals surface area contributed by atoms with Crippen molar-refractivity contribution in [2.75, 3.05) is 11.1 Å². The Labute approximate surface area is 135 Å². The zero-order valence-electron chi connectivity index (χ0n) is 12.2. The molecule has 9 heteroatoms. The minimum atomic E-state index is -0.552. The first-order chi connectivity index (χ1) is 11.1. The highest BCUT2D eigenvalue weighted by Crippen LogP contribution is 2.34. The summed E-state index contributed by atoms with van der Waals surface area (Å²) in [6, 6.07) is 11.0. The first kappa shape index (κ1) is 15.1. The second-order valence-corrected chi connectivity index (χ2v) is 5.80. The van der Waals surface area contributed by atoms with Gasteiger partial charge in [0.15, 0.2) is 5.82 Å². The molecule has 0 unspecified atom stereocenters. The van der Waals surface area contributed by atoms with Crippen molar-refractivity contribution in [2.45, 2.75) is 17.3 Å². The van der Waals surface area contributed by atoms with Gasteiger partial charge in [0.1, 0.15) is 11.0 Å². The summed E-state index contributed by atoms with van der Waals surface area (Å²) in [5, 5.41) is 12.9. The lowest BCUT2D eigenvalue weighted by molar-refractivity contribution is -0.115. The van der Waals surface area contributed by atoms with Gasteiger partial charge >= 0.3 is 0 Å². The summed E-state index contributed by atoms with van der Waals surface area (Å²) in [6.07, 6.45) is 0. The van der Waals surface area contributed by atoms with E-state index in [1.807, 2.05) is 30.3 Å². The number of nitrogens with one attached hydrogen (secondary N) is 2. The van der Waals surface area contributed by atoms with Crippen LogP contribution >= 0.6 is 11.8 Å². The van der Waals surface area contributed by atoms with Gasteiger partial charge in [-0.2, -0.15) is 4.98 Å². The Morgan fingerprint density at radius 2 is 2.17 bits per heavy atom. The van der Waals surface area contributed by atoms with Crippen LogP contribution in [0.1, 0.15) is 16.6 Å². The number of aromatic nitrogens is 4. The number of nitrogen functional groups attached to an aromatic ring is 1. The molecule has 0 fully saturated rings. The zero-order chi connectivity index (χ0) is 16.2. The summed E-state index contributed by atoms with van der Waals surface area (Å²) in [5.74, 6) is 0.930. The van der Waals surface area contributed by atoms with Crippen LogP contribution in [-0.2, 0) is 4.79 Å². The molecule has 3 aromatic rings. The second kappa shape index (κ2) is 6.53. The molecular formula is C14H14N6O2S. The van der Waals surface area contributed by atoms with Gasteiger partial charge < -0.3 is 15.6 Å². The van der Waals surface area contributed by atoms with E-state index in [-0.39, 0.29) is 11.9 Å². The number of aryl methyl sites for hydroxylation is 1. The third-order valence-electron chi connectivity index (χ3n) is 2.93. The number of benzene rings is 1. The fourth-order valence-electron chi connectivity index (χ4n) is 1.93. The number of carbonyl (C=O) groups excluding carboxylic acids is 1. The van der Waals surface area contributed by atoms with Gasteiger partial charge in [-0.15, -0.1) is 5.10 Å². The lowest BCUT2D eigenvalue weighted by atomic mass is 10.1. The van der Waals surface area contributed by atoms with Crippen molar-refractivity contribution in [3.8, 4) is 0 Å². The molecule has 8 nitrogen and oxygen atoms in total. The van der Waals surface area contributed by atoms with Crippen molar-refractivity contribution in [3.05, 3.63) is 47.7 Å². The average molecular weight is 330 g/mol. The van der Waals surface area contributed by atoms with Crippen LogP contribution in [0, 0.1) is 6.92 Å². The standard InChI is InChI=1S/C14H14N6O2S/c1-8-7-10(20-22-8)16-12(21)11(9-5-3-2-4-6-9)23-14-17-13(15)18-19-14/h2-7,11H,1H3,(H,16,20,21)(H3,15,17,18,19)/t11-/m0/s1. The van der Waals surface area contributed by atoms with E-state index in [9.17, 15) is 4.79 Å². The molecule has 2 heterocycles. The van der Waals surface area contributed by atoms with Crippen LogP contribution in [0.15, 0.2) is 46.1 Å². The first-order valence-corrected chi connectivity index (χ1v) is 7.63. The number of nitrogens with zero attached hydrogens (tertiary/aromatic N) is 3. The van der Waals surface area contributed by atoms with Gasteiger partial charge in [0, 0.05) is 6.07 Å². The van der Waals surface area contributed by atoms with Crippen molar-refractivity contribution in [2.24, 2.45) is 0 Å². The number of hydrogen-bond donors (Lipinski definition) is 3. The van der Waals surface area contributed by atoms with E-state index in [0.717, 1.165) is 5.56 Å². The Hall–Kier alpha value is -2.81. The molecule has 0 saturated carbocycles. The number of anilines is 2. The molecule has 2 aromatic heterocycles. The third-order valence-corrected chi connectivity index (χ3v) is 4.04. The van der Waals surface area contributed by atoms with Gasteiger partial charge in [-0.3, -0.25) is 4.79 Å². The lowest BCUT2D eigenvalue weighted by Gasteiger charge is -2.14. The Morgan fingerprint density at radius 1 is 1.39 bits per heavy atom. The average Bonchev–Trinajstić information content (AvgIpc) is 3.14. The topological polar surface area (TPSA) is 123 Å². The van der Waals surface area contributed by atoms with Crippen molar-refractivity contribution in [3.63, 3.8) is 0 Å². The molecule has 0 aliphatic carbocycles. The molecule has 0 saturated heterocycles. The number of H-pyrrole nitrogens is 1. The molecular weight excluding hydrogens is 316 g/mol. The largest absolute Gasteiger partial charge is 0.368 e. The van der Waals surface area contributed by atoms with E-state index in [4.69, 9.17) is 10.3 Å². The first-order valence-electron chi connectivity index (χ1n) is 6.75. The normalized spacial score (nSPS) is 12.0. The number of carbonyl (C=O) groups is 1. The lowest BCUT2D eigenvalue weighted by Crippen LogP contribution is -2.19. The predicted molar refractivity (Wildman–Crippen MR) is 85.7 cm³/mol. The molecule has 118 valence electrons. The highest BCUT2D eigenvalue weighted by Gasteiger charge is 2.24. The van der Waals surface area contributed by atoms with E-state index in [1.54, 1.807) is 13.0 Å². The summed E-state index contributed by atoms with van der Waals surface area (Å²) in [6.45, 7) is 1.75. The Bertz CT molecular complexity index is 800. The summed E-state index contributed by atoms with van der Waals surface area (Å²) in [7, 11) is 0. The van der Waals surface area contributed by atoms with E-state index in [2.05, 4.69) is 25.7 Å². The molecule has 0 bridgehead atoms. The number of nitrogens with two attached hydrogens (primary N) is 1. The maximum atomic E-state index is 12.6. The molecule has 23 heavy (non-hydrogen) atoms. The second-order valence-electron chi connectivity index (χ2n) is 4.72. The number of thioether (sulfide) groups is 1. The maximum absolute atomic E-state index is 12.6. The molecule has 4 N–H and O–H groups in total. The zero-order valence-corrected chi connectivity index (χ0v) is 13.0. The highest BCUT2D eigenvalue weighted by atomic mass is 32.2. The predicted octanol–water partition coefficient (Wildman–Crippen LogP) is 2.16. The summed E-state index contributed by atoms with van der Waals surface area (Å²) in [4.78, 5) is 16.7. The molecule has 0 radical (unpaired) electrons. The van der Waals surface area contributed by atoms with Crippen LogP contribution in [0.25, 0.3) is 0 Å². The SMILES string of the molecule is Cc1cc(NC(=O)[C@@H](Sc2n[nH]c(N)n2)c2ccccc2)no1. The van der Waals surface area contributed by atoms with Crippen molar-refractivity contribution in [1.82, 2.24) is 20.3 Å². The Morgan fingerprint density at radius 3 is 2.78 bits per heavy atom. The van der Waals surface area contributed by atoms with Crippen LogP contribution in [0.2, 0.25) is 0 Å². The number of hydrogen-bond acceptors (Lipinski definition) is 7. The maximum Gasteiger partial charge on any atom is 0.243 e. The summed E-state index contributed by atoms with van der Waals surface area (Å²) < 4.78 is 4.95. The van der Waals surface area contributed by atoms with Gasteiger partial charge in [0.2, 0.25) is 17.0 Å². The molecule has 0 spiro atoms. The fourth-order valence-corrected chi connectivity index (χ4v) is 2.85. The fraction of sp³-hybridized carbons (Fsp3) is 0.143. The minimum Gasteiger partial charge on any atom is -0.368 e. The highest BCUT2D eigenvalue weighted by molar-refractivity contribution is 8.00. The number of aromatic amines is 1. The van der Waals surface area contributed by atoms with E-state index < -0.39 is 5.25 Å². The Balaban J connectivity index is 1.83. The van der Waals surface area contributed by atoms with Crippen LogP contribution in [0.5, 0.6) is 0 Å². The van der Waals surface area contributed by atoms with Crippen LogP contribution in [0.4, 0.5) is 11.8 Å². The molecule has 0 aliphatic heterocycles. The molecule has 3 rings (SSSR count). The molecule has 1 amide bonds. The van der Waals surface area contributed by atoms with Crippen LogP contribution in [0.3, 0.4) is 0 Å². The van der Waals surface area contributed by atoms with Gasteiger partial charge in [0.25, 0.3) is 0 Å². The smallest absolute Gasteiger partial charge is 0.243 e. The number of rotatable bonds is 5. The van der Waals surface area contributed by atoms with Gasteiger partial charge in [-0.25, -0.2) is 5.10 Å². The van der Waals surface area contributed by atoms with Gasteiger partial charge in [0.05, 0.1) is 0 Å². The van der Waals surface area contributed by atoms with Crippen molar-refractivity contribution >= 4 is 29.4 Å². The van der Waals surface area contributed by atoms with Crippen LogP contribution in [-0.4, -0.2) is 26.2 Å². The van der Waals surface area contributed by atoms with Gasteiger partial charge in [-0.1, -0.05) is 47.3 Å². The van der Waals surface area contributed by atoms with E-state index >= 15 is 0 Å². The molecule has 1 atom stereocenters.